The van der Waals surface area contributed by atoms with Gasteiger partial charge in [0.25, 0.3) is 11.4 Å². The predicted molar refractivity (Wildman–Crippen MR) is 130 cm³/mol. The van der Waals surface area contributed by atoms with Gasteiger partial charge in [0.15, 0.2) is 11.3 Å². The lowest BCUT2D eigenvalue weighted by atomic mass is 9.88. The molecule has 0 aliphatic carbocycles. The number of aromatic hydroxyl groups is 1. The van der Waals surface area contributed by atoms with Crippen molar-refractivity contribution in [3.63, 3.8) is 0 Å². The molecule has 1 N–H and O–H groups in total. The van der Waals surface area contributed by atoms with Crippen molar-refractivity contribution in [3.8, 4) is 17.3 Å². The third kappa shape index (κ3) is 3.16. The first-order chi connectivity index (χ1) is 16.6. The Balaban J connectivity index is 1.55. The molecule has 5 aromatic rings. The minimum absolute atomic E-state index is 0.0416. The summed E-state index contributed by atoms with van der Waals surface area (Å²) in [5.41, 5.74) is 4.24. The molecule has 0 unspecified atom stereocenters. The van der Waals surface area contributed by atoms with Crippen LogP contribution >= 0.6 is 0 Å². The number of hydrogen-bond acceptors (Lipinski definition) is 6. The molecule has 1 atom stereocenters. The quantitative estimate of drug-likeness (QED) is 0.437. The molecule has 0 amide bonds. The van der Waals surface area contributed by atoms with Crippen molar-refractivity contribution in [2.45, 2.75) is 12.5 Å². The Morgan fingerprint density at radius 3 is 2.50 bits per heavy atom. The zero-order chi connectivity index (χ0) is 23.2. The third-order valence-corrected chi connectivity index (χ3v) is 6.40. The van der Waals surface area contributed by atoms with Crippen molar-refractivity contribution in [1.29, 1.82) is 0 Å². The molecule has 1 aliphatic rings. The Labute approximate surface area is 195 Å². The van der Waals surface area contributed by atoms with E-state index in [1.807, 2.05) is 42.5 Å². The van der Waals surface area contributed by atoms with Gasteiger partial charge in [-0.05, 0) is 35.2 Å². The third-order valence-electron chi connectivity index (χ3n) is 6.40. The normalized spacial score (nSPS) is 15.4. The average Bonchev–Trinajstić information content (AvgIpc) is 3.31. The second-order valence-corrected chi connectivity index (χ2v) is 8.42. The number of fused-ring (bicyclic) bond motifs is 2. The predicted octanol–water partition coefficient (Wildman–Crippen LogP) is 4.45. The van der Waals surface area contributed by atoms with Crippen LogP contribution in [0, 0.1) is 0 Å². The van der Waals surface area contributed by atoms with Crippen LogP contribution in [0.1, 0.15) is 22.7 Å². The lowest BCUT2D eigenvalue weighted by Gasteiger charge is -2.39. The van der Waals surface area contributed by atoms with E-state index in [0.29, 0.717) is 23.6 Å². The number of nitrogens with zero attached hydrogens (tertiary/aromatic N) is 4. The highest BCUT2D eigenvalue weighted by atomic mass is 16.4. The largest absolute Gasteiger partial charge is 0.501 e. The molecule has 0 bridgehead atoms. The molecule has 1 aliphatic heterocycles. The fourth-order valence-electron chi connectivity index (χ4n) is 4.74. The molecule has 6 rings (SSSR count). The Bertz CT molecular complexity index is 1540. The van der Waals surface area contributed by atoms with Gasteiger partial charge in [-0.1, -0.05) is 66.7 Å². The van der Waals surface area contributed by atoms with E-state index in [9.17, 15) is 9.90 Å². The van der Waals surface area contributed by atoms with Crippen molar-refractivity contribution in [3.05, 3.63) is 106 Å². The van der Waals surface area contributed by atoms with Gasteiger partial charge in [0.05, 0.1) is 6.04 Å². The van der Waals surface area contributed by atoms with Gasteiger partial charge in [0, 0.05) is 13.6 Å². The van der Waals surface area contributed by atoms with Crippen LogP contribution in [-0.2, 0) is 13.5 Å². The van der Waals surface area contributed by atoms with Crippen LogP contribution in [0.5, 0.6) is 5.75 Å². The van der Waals surface area contributed by atoms with Gasteiger partial charge in [-0.15, -0.1) is 0 Å². The highest BCUT2D eigenvalue weighted by Crippen LogP contribution is 2.38. The number of para-hydroxylation sites is 2. The van der Waals surface area contributed by atoms with Crippen molar-refractivity contribution in [1.82, 2.24) is 14.5 Å². The van der Waals surface area contributed by atoms with Crippen molar-refractivity contribution in [2.75, 3.05) is 11.4 Å². The smallest absolute Gasteiger partial charge is 0.297 e. The molecule has 0 spiro atoms. The molecule has 7 heteroatoms. The SMILES string of the molecule is Cn1c(N2CCc3ccccc3[C@H]2c2ccccc2)nc(-c2nc3ccccc3o2)c(O)c1=O. The van der Waals surface area contributed by atoms with Gasteiger partial charge in [-0.25, -0.2) is 9.97 Å². The van der Waals surface area contributed by atoms with Crippen LogP contribution < -0.4 is 10.5 Å². The number of aromatic nitrogens is 3. The first kappa shape index (κ1) is 20.2. The molecule has 34 heavy (non-hydrogen) atoms. The number of hydrogen-bond donors (Lipinski definition) is 1. The summed E-state index contributed by atoms with van der Waals surface area (Å²) in [4.78, 5) is 24.4. The molecule has 3 aromatic carbocycles. The molecule has 0 radical (unpaired) electrons. The minimum Gasteiger partial charge on any atom is -0.501 e. The fraction of sp³-hybridized carbons (Fsp3) is 0.148. The molecule has 3 heterocycles. The second kappa shape index (κ2) is 7.88. The Hall–Kier alpha value is -4.39. The highest BCUT2D eigenvalue weighted by molar-refractivity contribution is 5.76. The maximum Gasteiger partial charge on any atom is 0.297 e. The van der Waals surface area contributed by atoms with E-state index in [1.165, 1.54) is 15.7 Å². The number of benzene rings is 3. The van der Waals surface area contributed by atoms with Gasteiger partial charge in [-0.3, -0.25) is 9.36 Å². The van der Waals surface area contributed by atoms with Crippen molar-refractivity contribution in [2.24, 2.45) is 7.05 Å². The van der Waals surface area contributed by atoms with E-state index in [0.717, 1.165) is 12.0 Å². The number of oxazole rings is 1. The van der Waals surface area contributed by atoms with E-state index >= 15 is 0 Å². The van der Waals surface area contributed by atoms with Crippen LogP contribution in [0.15, 0.2) is 88.1 Å². The van der Waals surface area contributed by atoms with E-state index in [1.54, 1.807) is 13.1 Å². The lowest BCUT2D eigenvalue weighted by Crippen LogP contribution is -2.40. The summed E-state index contributed by atoms with van der Waals surface area (Å²) in [6.45, 7) is 0.661. The van der Waals surface area contributed by atoms with Gasteiger partial charge in [0.2, 0.25) is 11.7 Å². The fourth-order valence-corrected chi connectivity index (χ4v) is 4.74. The van der Waals surface area contributed by atoms with Crippen LogP contribution in [0.25, 0.3) is 22.7 Å². The molecule has 7 nitrogen and oxygen atoms in total. The first-order valence-electron chi connectivity index (χ1n) is 11.2. The van der Waals surface area contributed by atoms with E-state index < -0.39 is 11.3 Å². The van der Waals surface area contributed by atoms with Crippen molar-refractivity contribution >= 4 is 17.0 Å². The van der Waals surface area contributed by atoms with Gasteiger partial charge < -0.3 is 14.4 Å². The summed E-state index contributed by atoms with van der Waals surface area (Å²) in [7, 11) is 1.63. The number of rotatable bonds is 3. The standard InChI is InChI=1S/C27H22N4O3/c1-30-26(33)24(32)22(25-28-20-13-7-8-14-21(20)34-25)29-27(30)31-16-15-17-9-5-6-12-19(17)23(31)18-10-3-2-4-11-18/h2-14,23,32H,15-16H2,1H3/t23-/m1/s1. The van der Waals surface area contributed by atoms with Gasteiger partial charge in [-0.2, -0.15) is 0 Å². The number of anilines is 1. The molecule has 0 saturated carbocycles. The average molecular weight is 450 g/mol. The topological polar surface area (TPSA) is 84.4 Å². The van der Waals surface area contributed by atoms with Gasteiger partial charge in [0.1, 0.15) is 5.52 Å². The zero-order valence-electron chi connectivity index (χ0n) is 18.5. The molecular formula is C27H22N4O3. The van der Waals surface area contributed by atoms with Crippen LogP contribution in [-0.4, -0.2) is 26.2 Å². The van der Waals surface area contributed by atoms with Gasteiger partial charge >= 0.3 is 0 Å². The second-order valence-electron chi connectivity index (χ2n) is 8.42. The summed E-state index contributed by atoms with van der Waals surface area (Å²) < 4.78 is 7.23. The lowest BCUT2D eigenvalue weighted by molar-refractivity contribution is 0.454. The van der Waals surface area contributed by atoms with E-state index in [-0.39, 0.29) is 17.6 Å². The summed E-state index contributed by atoms with van der Waals surface area (Å²) in [5, 5.41) is 10.7. The first-order valence-corrected chi connectivity index (χ1v) is 11.2. The Morgan fingerprint density at radius 2 is 1.68 bits per heavy atom. The molecule has 0 fully saturated rings. The monoisotopic (exact) mass is 450 g/mol. The Morgan fingerprint density at radius 1 is 0.941 bits per heavy atom. The van der Waals surface area contributed by atoms with Crippen LogP contribution in [0.3, 0.4) is 0 Å². The van der Waals surface area contributed by atoms with E-state index in [4.69, 9.17) is 9.40 Å². The summed E-state index contributed by atoms with van der Waals surface area (Å²) in [6.07, 6.45) is 0.814. The molecule has 0 saturated heterocycles. The zero-order valence-corrected chi connectivity index (χ0v) is 18.5. The van der Waals surface area contributed by atoms with Crippen LogP contribution in [0.2, 0.25) is 0 Å². The minimum atomic E-state index is -0.548. The van der Waals surface area contributed by atoms with E-state index in [2.05, 4.69) is 40.2 Å². The Kier molecular flexibility index (Phi) is 4.69. The molecule has 2 aromatic heterocycles. The summed E-state index contributed by atoms with van der Waals surface area (Å²) in [6, 6.07) is 25.7. The maximum atomic E-state index is 13.1. The summed E-state index contributed by atoms with van der Waals surface area (Å²) in [5.74, 6) is 0.0845. The van der Waals surface area contributed by atoms with Crippen molar-refractivity contribution < 1.29 is 9.52 Å². The molecule has 168 valence electrons. The maximum absolute atomic E-state index is 13.1. The van der Waals surface area contributed by atoms with Crippen LogP contribution in [0.4, 0.5) is 5.95 Å². The highest BCUT2D eigenvalue weighted by Gasteiger charge is 2.32. The molecular weight excluding hydrogens is 428 g/mol. The summed E-state index contributed by atoms with van der Waals surface area (Å²) >= 11 is 0.